The molecule has 1 fully saturated rings. The van der Waals surface area contributed by atoms with E-state index in [0.29, 0.717) is 5.57 Å². The molecular formula is C13H22N2O2. The van der Waals surface area contributed by atoms with Gasteiger partial charge in [0.25, 0.3) is 0 Å². The van der Waals surface area contributed by atoms with Gasteiger partial charge in [0.2, 0.25) is 11.8 Å². The van der Waals surface area contributed by atoms with Crippen LogP contribution in [0.4, 0.5) is 0 Å². The minimum Gasteiger partial charge on any atom is -0.345 e. The Hall–Kier alpha value is -1.58. The molecule has 4 nitrogen and oxygen atoms in total. The second kappa shape index (κ2) is 7.65. The summed E-state index contributed by atoms with van der Waals surface area (Å²) in [4.78, 5) is 24.8. The quantitative estimate of drug-likeness (QED) is 0.683. The van der Waals surface area contributed by atoms with Crippen LogP contribution in [-0.4, -0.2) is 48.8 Å². The van der Waals surface area contributed by atoms with Crippen LogP contribution in [0.25, 0.3) is 0 Å². The third-order valence-electron chi connectivity index (χ3n) is 2.36. The van der Waals surface area contributed by atoms with E-state index in [0.717, 1.165) is 25.9 Å². The lowest BCUT2D eigenvalue weighted by molar-refractivity contribution is -0.125. The normalized spacial score (nSPS) is 13.5. The Morgan fingerprint density at radius 3 is 1.94 bits per heavy atom. The smallest absolute Gasteiger partial charge is 0.248 e. The average Bonchev–Trinajstić information content (AvgIpc) is 2.81. The molecule has 0 N–H and O–H groups in total. The Labute approximate surface area is 104 Å². The Balaban J connectivity index is 0.000000304. The van der Waals surface area contributed by atoms with Crippen molar-refractivity contribution in [3.05, 3.63) is 24.8 Å². The van der Waals surface area contributed by atoms with Crippen molar-refractivity contribution in [2.75, 3.05) is 27.2 Å². The zero-order valence-electron chi connectivity index (χ0n) is 11.0. The molecule has 0 unspecified atom stereocenters. The molecule has 0 bridgehead atoms. The summed E-state index contributed by atoms with van der Waals surface area (Å²) in [6.07, 6.45) is 3.68. The number of hydrogen-bond acceptors (Lipinski definition) is 2. The number of likely N-dealkylation sites (N-methyl/N-ethyl adjacent to an activating group) is 1. The summed E-state index contributed by atoms with van der Waals surface area (Å²) in [6.45, 7) is 10.4. The van der Waals surface area contributed by atoms with Crippen LogP contribution in [0, 0.1) is 0 Å². The summed E-state index contributed by atoms with van der Waals surface area (Å²) in [5.74, 6) is 0.0671. The summed E-state index contributed by atoms with van der Waals surface area (Å²) in [7, 11) is 3.41. The van der Waals surface area contributed by atoms with Crippen LogP contribution in [0.2, 0.25) is 0 Å². The fourth-order valence-electron chi connectivity index (χ4n) is 1.45. The topological polar surface area (TPSA) is 40.6 Å². The standard InChI is InChI=1S/C7H11NO.C6H11NO/c1-2-7(9)8-5-3-4-6-8;1-5(2)6(8)7(3)4/h2H,1,3-6H2;1H2,2-4H3. The van der Waals surface area contributed by atoms with Crippen LogP contribution in [0.5, 0.6) is 0 Å². The Morgan fingerprint density at radius 1 is 1.24 bits per heavy atom. The molecule has 0 aromatic carbocycles. The van der Waals surface area contributed by atoms with E-state index in [1.807, 2.05) is 4.90 Å². The Morgan fingerprint density at radius 2 is 1.71 bits per heavy atom. The summed E-state index contributed by atoms with van der Waals surface area (Å²) >= 11 is 0. The lowest BCUT2D eigenvalue weighted by Gasteiger charge is -2.10. The van der Waals surface area contributed by atoms with Gasteiger partial charge in [-0.15, -0.1) is 0 Å². The van der Waals surface area contributed by atoms with Crippen molar-refractivity contribution in [2.24, 2.45) is 0 Å². The zero-order valence-corrected chi connectivity index (χ0v) is 11.0. The fraction of sp³-hybridized carbons (Fsp3) is 0.538. The second-order valence-electron chi connectivity index (χ2n) is 4.22. The molecular weight excluding hydrogens is 216 g/mol. The molecule has 0 atom stereocenters. The van der Waals surface area contributed by atoms with E-state index in [4.69, 9.17) is 0 Å². The van der Waals surface area contributed by atoms with Gasteiger partial charge in [-0.05, 0) is 25.8 Å². The van der Waals surface area contributed by atoms with E-state index in [-0.39, 0.29) is 11.8 Å². The molecule has 0 aromatic heterocycles. The number of carbonyl (C=O) groups excluding carboxylic acids is 2. The molecule has 1 rings (SSSR count). The van der Waals surface area contributed by atoms with Crippen molar-refractivity contribution in [1.82, 2.24) is 9.80 Å². The molecule has 0 aromatic rings. The van der Waals surface area contributed by atoms with Crippen LogP contribution in [0.1, 0.15) is 19.8 Å². The third-order valence-corrected chi connectivity index (χ3v) is 2.36. The molecule has 1 saturated heterocycles. The van der Waals surface area contributed by atoms with E-state index in [1.165, 1.54) is 11.0 Å². The van der Waals surface area contributed by atoms with Crippen LogP contribution < -0.4 is 0 Å². The minimum atomic E-state index is -0.00926. The highest BCUT2D eigenvalue weighted by molar-refractivity contribution is 5.91. The van der Waals surface area contributed by atoms with E-state index < -0.39 is 0 Å². The van der Waals surface area contributed by atoms with Gasteiger partial charge in [0.1, 0.15) is 0 Å². The summed E-state index contributed by atoms with van der Waals surface area (Å²) in [5, 5.41) is 0. The summed E-state index contributed by atoms with van der Waals surface area (Å²) in [6, 6.07) is 0. The minimum absolute atomic E-state index is 0.00926. The maximum atomic E-state index is 10.8. The first-order valence-electron chi connectivity index (χ1n) is 5.68. The van der Waals surface area contributed by atoms with Gasteiger partial charge in [0.05, 0.1) is 0 Å². The first-order chi connectivity index (χ1) is 7.90. The largest absolute Gasteiger partial charge is 0.345 e. The molecule has 0 aliphatic carbocycles. The van der Waals surface area contributed by atoms with Gasteiger partial charge in [-0.25, -0.2) is 0 Å². The number of likely N-dealkylation sites (tertiary alicyclic amines) is 1. The highest BCUT2D eigenvalue weighted by Gasteiger charge is 2.13. The maximum Gasteiger partial charge on any atom is 0.248 e. The van der Waals surface area contributed by atoms with E-state index >= 15 is 0 Å². The zero-order chi connectivity index (χ0) is 13.4. The molecule has 17 heavy (non-hydrogen) atoms. The lowest BCUT2D eigenvalue weighted by atomic mass is 10.3. The molecule has 1 aliphatic heterocycles. The molecule has 96 valence electrons. The highest BCUT2D eigenvalue weighted by atomic mass is 16.2. The van der Waals surface area contributed by atoms with Crippen molar-refractivity contribution >= 4 is 11.8 Å². The van der Waals surface area contributed by atoms with Crippen molar-refractivity contribution in [2.45, 2.75) is 19.8 Å². The molecule has 1 heterocycles. The van der Waals surface area contributed by atoms with E-state index in [1.54, 1.807) is 21.0 Å². The van der Waals surface area contributed by atoms with Gasteiger partial charge >= 0.3 is 0 Å². The Bertz CT molecular complexity index is 303. The number of rotatable bonds is 2. The van der Waals surface area contributed by atoms with Crippen molar-refractivity contribution in [3.63, 3.8) is 0 Å². The molecule has 0 radical (unpaired) electrons. The summed E-state index contributed by atoms with van der Waals surface area (Å²) in [5.41, 5.74) is 0.579. The summed E-state index contributed by atoms with van der Waals surface area (Å²) < 4.78 is 0. The van der Waals surface area contributed by atoms with Crippen molar-refractivity contribution in [1.29, 1.82) is 0 Å². The number of nitrogens with zero attached hydrogens (tertiary/aromatic N) is 2. The van der Waals surface area contributed by atoms with Gasteiger partial charge in [-0.2, -0.15) is 0 Å². The van der Waals surface area contributed by atoms with Crippen LogP contribution in [0.15, 0.2) is 24.8 Å². The predicted molar refractivity (Wildman–Crippen MR) is 69.5 cm³/mol. The molecule has 0 spiro atoms. The van der Waals surface area contributed by atoms with Crippen LogP contribution >= 0.6 is 0 Å². The van der Waals surface area contributed by atoms with Crippen LogP contribution in [-0.2, 0) is 9.59 Å². The predicted octanol–water partition coefficient (Wildman–Crippen LogP) is 1.45. The molecule has 4 heteroatoms. The van der Waals surface area contributed by atoms with Gasteiger partial charge in [0, 0.05) is 32.8 Å². The van der Waals surface area contributed by atoms with Crippen molar-refractivity contribution in [3.8, 4) is 0 Å². The van der Waals surface area contributed by atoms with Gasteiger partial charge in [0.15, 0.2) is 0 Å². The van der Waals surface area contributed by atoms with Crippen LogP contribution in [0.3, 0.4) is 0 Å². The van der Waals surface area contributed by atoms with E-state index in [2.05, 4.69) is 13.2 Å². The number of hydrogen-bond donors (Lipinski definition) is 0. The number of amides is 2. The monoisotopic (exact) mass is 238 g/mol. The average molecular weight is 238 g/mol. The first-order valence-corrected chi connectivity index (χ1v) is 5.68. The van der Waals surface area contributed by atoms with Crippen molar-refractivity contribution < 1.29 is 9.59 Å². The Kier molecular flexibility index (Phi) is 6.94. The van der Waals surface area contributed by atoms with Gasteiger partial charge < -0.3 is 9.80 Å². The SMILES string of the molecule is C=C(C)C(=O)N(C)C.C=CC(=O)N1CCCC1. The lowest BCUT2D eigenvalue weighted by Crippen LogP contribution is -2.25. The van der Waals surface area contributed by atoms with Gasteiger partial charge in [-0.3, -0.25) is 9.59 Å². The second-order valence-corrected chi connectivity index (χ2v) is 4.22. The number of carbonyl (C=O) groups is 2. The molecule has 1 aliphatic rings. The fourth-order valence-corrected chi connectivity index (χ4v) is 1.45. The highest BCUT2D eigenvalue weighted by Crippen LogP contribution is 2.06. The first kappa shape index (κ1) is 15.4. The van der Waals surface area contributed by atoms with Gasteiger partial charge in [-0.1, -0.05) is 13.2 Å². The third kappa shape index (κ3) is 5.90. The molecule has 0 saturated carbocycles. The maximum absolute atomic E-state index is 10.8. The molecule has 2 amide bonds. The van der Waals surface area contributed by atoms with E-state index in [9.17, 15) is 9.59 Å².